The Balaban J connectivity index is 2.91. The molecule has 0 unspecified atom stereocenters. The Morgan fingerprint density at radius 2 is 2.22 bits per heavy atom. The van der Waals surface area contributed by atoms with Crippen LogP contribution in [0, 0.1) is 0 Å². The predicted octanol–water partition coefficient (Wildman–Crippen LogP) is -0.0104. The topological polar surface area (TPSA) is 114 Å². The number of methoxy groups -OCH3 is 1. The van der Waals surface area contributed by atoms with Gasteiger partial charge in [-0.15, -0.1) is 0 Å². The molecule has 0 aromatic heterocycles. The molecule has 0 aliphatic carbocycles. The monoisotopic (exact) mass is 271 g/mol. The van der Waals surface area contributed by atoms with Crippen LogP contribution in [0.2, 0.25) is 5.02 Å². The number of hydrogen-bond donors (Lipinski definition) is 3. The molecule has 18 heavy (non-hydrogen) atoms. The van der Waals surface area contributed by atoms with Crippen molar-refractivity contribution in [2.75, 3.05) is 7.11 Å². The van der Waals surface area contributed by atoms with Gasteiger partial charge in [0.15, 0.2) is 11.5 Å². The molecule has 0 fully saturated rings. The number of primary amides is 1. The van der Waals surface area contributed by atoms with Crippen LogP contribution in [0.4, 0.5) is 0 Å². The Labute approximate surface area is 107 Å². The van der Waals surface area contributed by atoms with Crippen molar-refractivity contribution in [3.05, 3.63) is 22.7 Å². The first-order valence-electron chi connectivity index (χ1n) is 4.65. The number of hydrazone groups is 1. The number of hydrogen-bond acceptors (Lipinski definition) is 5. The summed E-state index contributed by atoms with van der Waals surface area (Å²) in [5, 5.41) is 13.5. The molecule has 1 aromatic rings. The molecule has 0 heterocycles. The van der Waals surface area contributed by atoms with E-state index in [1.54, 1.807) is 0 Å². The second-order valence-corrected chi connectivity index (χ2v) is 3.55. The second-order valence-electron chi connectivity index (χ2n) is 3.11. The van der Waals surface area contributed by atoms with Gasteiger partial charge in [-0.1, -0.05) is 11.6 Å². The van der Waals surface area contributed by atoms with Gasteiger partial charge in [-0.25, -0.2) is 5.43 Å². The quantitative estimate of drug-likeness (QED) is 0.407. The molecular weight excluding hydrogens is 262 g/mol. The van der Waals surface area contributed by atoms with Crippen LogP contribution in [0.25, 0.3) is 0 Å². The van der Waals surface area contributed by atoms with Gasteiger partial charge < -0.3 is 15.6 Å². The van der Waals surface area contributed by atoms with Gasteiger partial charge in [0, 0.05) is 16.7 Å². The maximum Gasteiger partial charge on any atom is 0.329 e. The number of phenolic OH excluding ortho intramolecular Hbond substituents is 1. The lowest BCUT2D eigenvalue weighted by Gasteiger charge is -2.06. The van der Waals surface area contributed by atoms with Crippen molar-refractivity contribution < 1.29 is 19.4 Å². The van der Waals surface area contributed by atoms with Crippen LogP contribution >= 0.6 is 11.6 Å². The van der Waals surface area contributed by atoms with E-state index in [1.807, 2.05) is 5.43 Å². The fourth-order valence-electron chi connectivity index (χ4n) is 1.06. The lowest BCUT2D eigenvalue weighted by molar-refractivity contribution is -0.137. The van der Waals surface area contributed by atoms with Crippen molar-refractivity contribution in [1.29, 1.82) is 0 Å². The van der Waals surface area contributed by atoms with Gasteiger partial charge in [0.2, 0.25) is 0 Å². The van der Waals surface area contributed by atoms with Gasteiger partial charge in [0.1, 0.15) is 0 Å². The minimum atomic E-state index is -1.17. The normalized spacial score (nSPS) is 10.3. The first-order chi connectivity index (χ1) is 8.45. The van der Waals surface area contributed by atoms with E-state index in [9.17, 15) is 14.7 Å². The number of nitrogens with zero attached hydrogens (tertiary/aromatic N) is 1. The molecule has 0 radical (unpaired) electrons. The van der Waals surface area contributed by atoms with Gasteiger partial charge in [-0.05, 0) is 6.07 Å². The van der Waals surface area contributed by atoms with E-state index < -0.39 is 11.8 Å². The Kier molecular flexibility index (Phi) is 4.50. The molecule has 0 spiro atoms. The predicted molar refractivity (Wildman–Crippen MR) is 64.6 cm³/mol. The Hall–Kier alpha value is -2.28. The SMILES string of the molecule is COc1cc(Cl)cc(C=NNC(=O)C(N)=O)c1O. The average Bonchev–Trinajstić information content (AvgIpc) is 2.32. The zero-order chi connectivity index (χ0) is 13.7. The average molecular weight is 272 g/mol. The van der Waals surface area contributed by atoms with Crippen molar-refractivity contribution in [2.24, 2.45) is 10.8 Å². The summed E-state index contributed by atoms with van der Waals surface area (Å²) >= 11 is 5.78. The Morgan fingerprint density at radius 3 is 2.78 bits per heavy atom. The summed E-state index contributed by atoms with van der Waals surface area (Å²) in [5.41, 5.74) is 6.79. The van der Waals surface area contributed by atoms with Crippen LogP contribution in [-0.4, -0.2) is 30.2 Å². The van der Waals surface area contributed by atoms with Crippen molar-refractivity contribution in [3.8, 4) is 11.5 Å². The van der Waals surface area contributed by atoms with Crippen LogP contribution in [0.3, 0.4) is 0 Å². The maximum absolute atomic E-state index is 10.8. The Morgan fingerprint density at radius 1 is 1.56 bits per heavy atom. The summed E-state index contributed by atoms with van der Waals surface area (Å²) in [7, 11) is 1.36. The zero-order valence-corrected chi connectivity index (χ0v) is 10.1. The number of benzene rings is 1. The summed E-state index contributed by atoms with van der Waals surface area (Å²) < 4.78 is 4.87. The third-order valence-corrected chi connectivity index (χ3v) is 2.10. The summed E-state index contributed by atoms with van der Waals surface area (Å²) in [5.74, 6) is -2.27. The van der Waals surface area contributed by atoms with Gasteiger partial charge in [0.05, 0.1) is 13.3 Å². The van der Waals surface area contributed by atoms with Gasteiger partial charge in [-0.2, -0.15) is 5.10 Å². The van der Waals surface area contributed by atoms with E-state index in [-0.39, 0.29) is 17.1 Å². The maximum atomic E-state index is 10.8. The van der Waals surface area contributed by atoms with Crippen molar-refractivity contribution in [3.63, 3.8) is 0 Å². The molecule has 0 bridgehead atoms. The van der Waals surface area contributed by atoms with Crippen LogP contribution in [0.1, 0.15) is 5.56 Å². The highest BCUT2D eigenvalue weighted by molar-refractivity contribution is 6.34. The molecule has 0 aliphatic rings. The van der Waals surface area contributed by atoms with E-state index in [0.717, 1.165) is 6.21 Å². The molecule has 2 amide bonds. The number of phenols is 1. The fourth-order valence-corrected chi connectivity index (χ4v) is 1.28. The number of carbonyl (C=O) groups excluding carboxylic acids is 2. The minimum Gasteiger partial charge on any atom is -0.504 e. The molecule has 8 heteroatoms. The molecular formula is C10H10ClN3O4. The smallest absolute Gasteiger partial charge is 0.329 e. The largest absolute Gasteiger partial charge is 0.504 e. The molecule has 0 saturated heterocycles. The molecule has 0 aliphatic heterocycles. The molecule has 0 atom stereocenters. The van der Waals surface area contributed by atoms with Crippen molar-refractivity contribution in [2.45, 2.75) is 0 Å². The minimum absolute atomic E-state index is 0.158. The van der Waals surface area contributed by atoms with E-state index in [4.69, 9.17) is 22.1 Å². The van der Waals surface area contributed by atoms with Crippen molar-refractivity contribution in [1.82, 2.24) is 5.43 Å². The highest BCUT2D eigenvalue weighted by Gasteiger charge is 2.09. The Bertz CT molecular complexity index is 516. The number of ether oxygens (including phenoxy) is 1. The van der Waals surface area contributed by atoms with Crippen molar-refractivity contribution >= 4 is 29.6 Å². The standard InChI is InChI=1S/C10H10ClN3O4/c1-18-7-3-6(11)2-5(8(7)15)4-13-14-10(17)9(12)16/h2-4,15H,1H3,(H2,12,16)(H,14,17). The number of amides is 2. The molecule has 7 nitrogen and oxygen atoms in total. The number of rotatable bonds is 3. The van der Waals surface area contributed by atoms with Crippen LogP contribution in [0.15, 0.2) is 17.2 Å². The van der Waals surface area contributed by atoms with E-state index >= 15 is 0 Å². The highest BCUT2D eigenvalue weighted by atomic mass is 35.5. The number of carbonyl (C=O) groups is 2. The van der Waals surface area contributed by atoms with Crippen LogP contribution in [-0.2, 0) is 9.59 Å². The van der Waals surface area contributed by atoms with E-state index in [1.165, 1.54) is 19.2 Å². The van der Waals surface area contributed by atoms with E-state index in [2.05, 4.69) is 5.10 Å². The van der Waals surface area contributed by atoms with Crippen LogP contribution in [0.5, 0.6) is 11.5 Å². The van der Waals surface area contributed by atoms with E-state index in [0.29, 0.717) is 5.02 Å². The summed E-state index contributed by atoms with van der Waals surface area (Å²) in [6.45, 7) is 0. The zero-order valence-electron chi connectivity index (χ0n) is 9.31. The molecule has 1 aromatic carbocycles. The lowest BCUT2D eigenvalue weighted by Crippen LogP contribution is -2.32. The first-order valence-corrected chi connectivity index (χ1v) is 5.03. The molecule has 96 valence electrons. The summed E-state index contributed by atoms with van der Waals surface area (Å²) in [4.78, 5) is 21.2. The fraction of sp³-hybridized carbons (Fsp3) is 0.100. The summed E-state index contributed by atoms with van der Waals surface area (Å²) in [6.07, 6.45) is 1.10. The molecule has 4 N–H and O–H groups in total. The number of nitrogens with two attached hydrogens (primary N) is 1. The summed E-state index contributed by atoms with van der Waals surface area (Å²) in [6, 6.07) is 2.82. The van der Waals surface area contributed by atoms with Gasteiger partial charge in [0.25, 0.3) is 0 Å². The second kappa shape index (κ2) is 5.87. The van der Waals surface area contributed by atoms with Gasteiger partial charge >= 0.3 is 11.8 Å². The highest BCUT2D eigenvalue weighted by Crippen LogP contribution is 2.32. The molecule has 0 saturated carbocycles. The first kappa shape index (κ1) is 13.8. The number of halogens is 1. The lowest BCUT2D eigenvalue weighted by atomic mass is 10.2. The molecule has 1 rings (SSSR count). The van der Waals surface area contributed by atoms with Gasteiger partial charge in [-0.3, -0.25) is 9.59 Å². The third kappa shape index (κ3) is 3.36. The number of aromatic hydroxyl groups is 1. The van der Waals surface area contributed by atoms with Crippen LogP contribution < -0.4 is 15.9 Å². The third-order valence-electron chi connectivity index (χ3n) is 1.88. The number of nitrogens with one attached hydrogen (secondary N) is 1.